The lowest BCUT2D eigenvalue weighted by Gasteiger charge is -2.26. The molecule has 2 atom stereocenters. The smallest absolute Gasteiger partial charge is 0.134 e. The molecule has 1 N–H and O–H groups in total. The van der Waals surface area contributed by atoms with Crippen LogP contribution >= 0.6 is 11.8 Å². The third kappa shape index (κ3) is 1.74. The van der Waals surface area contributed by atoms with Crippen LogP contribution in [0.3, 0.4) is 0 Å². The number of rotatable bonds is 1. The lowest BCUT2D eigenvalue weighted by molar-refractivity contribution is 0.525. The maximum Gasteiger partial charge on any atom is 0.134 e. The van der Waals surface area contributed by atoms with Crippen LogP contribution in [0.2, 0.25) is 0 Å². The van der Waals surface area contributed by atoms with Gasteiger partial charge in [0.2, 0.25) is 0 Å². The molecule has 0 aliphatic carbocycles. The SMILES string of the molecule is CC1CNC(c2coc3ccccc23)SC1. The summed E-state index contributed by atoms with van der Waals surface area (Å²) in [5, 5.41) is 5.19. The van der Waals surface area contributed by atoms with E-state index < -0.39 is 0 Å². The predicted molar refractivity (Wildman–Crippen MR) is 68.6 cm³/mol. The zero-order valence-electron chi connectivity index (χ0n) is 9.27. The number of nitrogens with one attached hydrogen (secondary N) is 1. The number of furan rings is 1. The Morgan fingerprint density at radius 3 is 3.06 bits per heavy atom. The molecule has 0 amide bonds. The lowest BCUT2D eigenvalue weighted by Crippen LogP contribution is -2.30. The quantitative estimate of drug-likeness (QED) is 0.817. The molecule has 1 saturated heterocycles. The second kappa shape index (κ2) is 4.15. The first-order valence-electron chi connectivity index (χ1n) is 5.65. The molecule has 2 aromatic rings. The van der Waals surface area contributed by atoms with Crippen LogP contribution < -0.4 is 5.32 Å². The van der Waals surface area contributed by atoms with Crippen LogP contribution in [0.25, 0.3) is 11.0 Å². The van der Waals surface area contributed by atoms with E-state index in [4.69, 9.17) is 4.42 Å². The molecule has 1 fully saturated rings. The van der Waals surface area contributed by atoms with Gasteiger partial charge in [-0.3, -0.25) is 0 Å². The van der Waals surface area contributed by atoms with Gasteiger partial charge >= 0.3 is 0 Å². The van der Waals surface area contributed by atoms with Crippen molar-refractivity contribution < 1.29 is 4.42 Å². The predicted octanol–water partition coefficient (Wildman–Crippen LogP) is 3.40. The van der Waals surface area contributed by atoms with E-state index in [-0.39, 0.29) is 0 Å². The van der Waals surface area contributed by atoms with Gasteiger partial charge in [-0.05, 0) is 24.3 Å². The molecular formula is C13H15NOS. The Morgan fingerprint density at radius 2 is 2.25 bits per heavy atom. The van der Waals surface area contributed by atoms with Gasteiger partial charge in [0.15, 0.2) is 0 Å². The number of hydrogen-bond acceptors (Lipinski definition) is 3. The van der Waals surface area contributed by atoms with Crippen molar-refractivity contribution >= 4 is 22.7 Å². The van der Waals surface area contributed by atoms with Crippen LogP contribution in [0.1, 0.15) is 17.9 Å². The van der Waals surface area contributed by atoms with Crippen LogP contribution in [-0.4, -0.2) is 12.3 Å². The molecule has 2 unspecified atom stereocenters. The van der Waals surface area contributed by atoms with Gasteiger partial charge in [0.1, 0.15) is 5.58 Å². The number of fused-ring (bicyclic) bond motifs is 1. The van der Waals surface area contributed by atoms with Crippen molar-refractivity contribution in [2.75, 3.05) is 12.3 Å². The standard InChI is InChI=1S/C13H15NOS/c1-9-6-14-13(16-8-9)11-7-15-12-5-3-2-4-10(11)12/h2-5,7,9,13-14H,6,8H2,1H3. The summed E-state index contributed by atoms with van der Waals surface area (Å²) in [6.07, 6.45) is 1.89. The molecule has 1 aliphatic rings. The van der Waals surface area contributed by atoms with Gasteiger partial charge in [-0.25, -0.2) is 0 Å². The summed E-state index contributed by atoms with van der Waals surface area (Å²) in [5.74, 6) is 1.98. The van der Waals surface area contributed by atoms with E-state index in [1.807, 2.05) is 30.2 Å². The van der Waals surface area contributed by atoms with Gasteiger partial charge in [-0.2, -0.15) is 0 Å². The molecule has 3 rings (SSSR count). The van der Waals surface area contributed by atoms with Crippen LogP contribution in [-0.2, 0) is 0 Å². The molecule has 16 heavy (non-hydrogen) atoms. The molecule has 1 aromatic carbocycles. The first-order chi connectivity index (χ1) is 7.84. The molecule has 3 heteroatoms. The van der Waals surface area contributed by atoms with Crippen LogP contribution in [0, 0.1) is 5.92 Å². The third-order valence-corrected chi connectivity index (χ3v) is 4.51. The van der Waals surface area contributed by atoms with Crippen molar-refractivity contribution in [1.82, 2.24) is 5.32 Å². The highest BCUT2D eigenvalue weighted by Crippen LogP contribution is 2.36. The topological polar surface area (TPSA) is 25.2 Å². The van der Waals surface area contributed by atoms with Gasteiger partial charge in [0, 0.05) is 10.9 Å². The Morgan fingerprint density at radius 1 is 1.38 bits per heavy atom. The van der Waals surface area contributed by atoms with Gasteiger partial charge in [-0.15, -0.1) is 11.8 Å². The second-order valence-corrected chi connectivity index (χ2v) is 5.55. The monoisotopic (exact) mass is 233 g/mol. The molecule has 0 radical (unpaired) electrons. The van der Waals surface area contributed by atoms with E-state index in [1.165, 1.54) is 16.7 Å². The van der Waals surface area contributed by atoms with E-state index in [2.05, 4.69) is 24.4 Å². The van der Waals surface area contributed by atoms with Gasteiger partial charge in [-0.1, -0.05) is 25.1 Å². The highest BCUT2D eigenvalue weighted by atomic mass is 32.2. The molecule has 0 saturated carbocycles. The van der Waals surface area contributed by atoms with Crippen LogP contribution in [0.4, 0.5) is 0 Å². The van der Waals surface area contributed by atoms with Crippen molar-refractivity contribution in [3.63, 3.8) is 0 Å². The zero-order valence-corrected chi connectivity index (χ0v) is 10.1. The number of benzene rings is 1. The van der Waals surface area contributed by atoms with Crippen LogP contribution in [0.5, 0.6) is 0 Å². The molecular weight excluding hydrogens is 218 g/mol. The summed E-state index contributed by atoms with van der Waals surface area (Å²) in [4.78, 5) is 0. The fraction of sp³-hybridized carbons (Fsp3) is 0.385. The summed E-state index contributed by atoms with van der Waals surface area (Å²) in [6, 6.07) is 8.24. The number of hydrogen-bond donors (Lipinski definition) is 1. The van der Waals surface area contributed by atoms with Gasteiger partial charge in [0.25, 0.3) is 0 Å². The van der Waals surface area contributed by atoms with Gasteiger partial charge in [0.05, 0.1) is 11.6 Å². The third-order valence-electron chi connectivity index (χ3n) is 2.99. The van der Waals surface area contributed by atoms with Crippen LogP contribution in [0.15, 0.2) is 34.9 Å². The summed E-state index contributed by atoms with van der Waals surface area (Å²) >= 11 is 1.97. The Bertz CT molecular complexity index is 485. The minimum atomic E-state index is 0.389. The zero-order chi connectivity index (χ0) is 11.0. The minimum absolute atomic E-state index is 0.389. The van der Waals surface area contributed by atoms with Crippen molar-refractivity contribution in [3.8, 4) is 0 Å². The van der Waals surface area contributed by atoms with Crippen molar-refractivity contribution in [2.45, 2.75) is 12.3 Å². The Balaban J connectivity index is 1.94. The number of para-hydroxylation sites is 1. The molecule has 2 nitrogen and oxygen atoms in total. The van der Waals surface area contributed by atoms with E-state index in [0.29, 0.717) is 5.37 Å². The summed E-state index contributed by atoms with van der Waals surface area (Å²) < 4.78 is 5.58. The Kier molecular flexibility index (Phi) is 2.65. The molecule has 0 bridgehead atoms. The molecule has 0 spiro atoms. The van der Waals surface area contributed by atoms with Crippen molar-refractivity contribution in [2.24, 2.45) is 5.92 Å². The van der Waals surface area contributed by atoms with Crippen molar-refractivity contribution in [1.29, 1.82) is 0 Å². The first kappa shape index (κ1) is 10.2. The van der Waals surface area contributed by atoms with Gasteiger partial charge < -0.3 is 9.73 Å². The van der Waals surface area contributed by atoms with E-state index >= 15 is 0 Å². The first-order valence-corrected chi connectivity index (χ1v) is 6.70. The van der Waals surface area contributed by atoms with E-state index in [0.717, 1.165) is 18.0 Å². The largest absolute Gasteiger partial charge is 0.464 e. The molecule has 1 aromatic heterocycles. The molecule has 84 valence electrons. The lowest BCUT2D eigenvalue weighted by atomic mass is 10.1. The normalized spacial score (nSPS) is 26.1. The fourth-order valence-corrected chi connectivity index (χ4v) is 3.30. The highest BCUT2D eigenvalue weighted by Gasteiger charge is 2.22. The number of thioether (sulfide) groups is 1. The average molecular weight is 233 g/mol. The van der Waals surface area contributed by atoms with Crippen molar-refractivity contribution in [3.05, 3.63) is 36.1 Å². The highest BCUT2D eigenvalue weighted by molar-refractivity contribution is 7.99. The van der Waals surface area contributed by atoms with E-state index in [1.54, 1.807) is 0 Å². The Hall–Kier alpha value is -0.930. The minimum Gasteiger partial charge on any atom is -0.464 e. The maximum absolute atomic E-state index is 5.58. The fourth-order valence-electron chi connectivity index (χ4n) is 2.09. The van der Waals surface area contributed by atoms with E-state index in [9.17, 15) is 0 Å². The molecule has 1 aliphatic heterocycles. The maximum atomic E-state index is 5.58. The molecule has 2 heterocycles. The second-order valence-electron chi connectivity index (χ2n) is 4.41. The Labute approximate surface area is 99.4 Å². The summed E-state index contributed by atoms with van der Waals surface area (Å²) in [7, 11) is 0. The average Bonchev–Trinajstić information content (AvgIpc) is 2.74. The summed E-state index contributed by atoms with van der Waals surface area (Å²) in [6.45, 7) is 3.38. The summed E-state index contributed by atoms with van der Waals surface area (Å²) in [5.41, 5.74) is 2.27.